The fourth-order valence-corrected chi connectivity index (χ4v) is 2.60. The lowest BCUT2D eigenvalue weighted by Crippen LogP contribution is -2.47. The molecule has 0 saturated carbocycles. The molecule has 1 aliphatic rings. The second-order valence-corrected chi connectivity index (χ2v) is 5.69. The summed E-state index contributed by atoms with van der Waals surface area (Å²) in [4.78, 5) is 14.5. The molecule has 1 heterocycles. The Morgan fingerprint density at radius 1 is 1.53 bits per heavy atom. The molecule has 2 atom stereocenters. The summed E-state index contributed by atoms with van der Waals surface area (Å²) in [6.07, 6.45) is 1.94. The van der Waals surface area contributed by atoms with Crippen LogP contribution in [0.3, 0.4) is 0 Å². The fraction of sp³-hybridized carbons (Fsp3) is 0.500. The van der Waals surface area contributed by atoms with Crippen molar-refractivity contribution in [1.82, 2.24) is 10.2 Å². The van der Waals surface area contributed by atoms with E-state index in [-0.39, 0.29) is 11.9 Å². The zero-order chi connectivity index (χ0) is 14.0. The summed E-state index contributed by atoms with van der Waals surface area (Å²) in [5.74, 6) is -0.115. The summed E-state index contributed by atoms with van der Waals surface area (Å²) >= 11 is 5.83. The van der Waals surface area contributed by atoms with Crippen molar-refractivity contribution in [2.24, 2.45) is 0 Å². The Kier molecular flexibility index (Phi) is 4.32. The van der Waals surface area contributed by atoms with Crippen LogP contribution in [0.1, 0.15) is 30.1 Å². The molecule has 0 spiro atoms. The predicted molar refractivity (Wildman–Crippen MR) is 78.4 cm³/mol. The smallest absolute Gasteiger partial charge is 0.253 e. The van der Waals surface area contributed by atoms with E-state index in [1.165, 1.54) is 0 Å². The highest BCUT2D eigenvalue weighted by Gasteiger charge is 2.24. The van der Waals surface area contributed by atoms with Crippen LogP contribution < -0.4 is 11.1 Å². The van der Waals surface area contributed by atoms with E-state index >= 15 is 0 Å². The van der Waals surface area contributed by atoms with Crippen molar-refractivity contribution in [1.29, 1.82) is 0 Å². The van der Waals surface area contributed by atoms with E-state index in [2.05, 4.69) is 24.2 Å². The maximum absolute atomic E-state index is 12.2. The van der Waals surface area contributed by atoms with Crippen LogP contribution in [0.2, 0.25) is 5.02 Å². The van der Waals surface area contributed by atoms with Crippen LogP contribution in [0.5, 0.6) is 0 Å². The van der Waals surface area contributed by atoms with Gasteiger partial charge in [-0.25, -0.2) is 0 Å². The van der Waals surface area contributed by atoms with E-state index in [1.54, 1.807) is 18.2 Å². The lowest BCUT2D eigenvalue weighted by atomic mass is 9.98. The molecule has 1 aromatic carbocycles. The number of hydrogen-bond donors (Lipinski definition) is 2. The lowest BCUT2D eigenvalue weighted by Gasteiger charge is -2.35. The Morgan fingerprint density at radius 2 is 2.26 bits per heavy atom. The summed E-state index contributed by atoms with van der Waals surface area (Å²) in [6.45, 7) is 3.18. The van der Waals surface area contributed by atoms with Gasteiger partial charge < -0.3 is 16.0 Å². The van der Waals surface area contributed by atoms with Crippen LogP contribution in [0.15, 0.2) is 18.2 Å². The van der Waals surface area contributed by atoms with Crippen LogP contribution in [-0.4, -0.2) is 36.5 Å². The van der Waals surface area contributed by atoms with Gasteiger partial charge >= 0.3 is 0 Å². The van der Waals surface area contributed by atoms with Crippen LogP contribution in [-0.2, 0) is 0 Å². The molecule has 1 amide bonds. The van der Waals surface area contributed by atoms with Gasteiger partial charge in [0.15, 0.2) is 0 Å². The highest BCUT2D eigenvalue weighted by Crippen LogP contribution is 2.20. The van der Waals surface area contributed by atoms with E-state index in [0.29, 0.717) is 22.3 Å². The normalized spacial score (nSPS) is 24.2. The van der Waals surface area contributed by atoms with Crippen molar-refractivity contribution in [3.8, 4) is 0 Å². The summed E-state index contributed by atoms with van der Waals surface area (Å²) in [5, 5.41) is 3.60. The topological polar surface area (TPSA) is 58.4 Å². The molecule has 104 valence electrons. The van der Waals surface area contributed by atoms with E-state index in [4.69, 9.17) is 17.3 Å². The van der Waals surface area contributed by atoms with E-state index in [9.17, 15) is 4.79 Å². The standard InChI is InChI=1S/C14H20ClN3O/c1-9-7-11(5-6-18(9)2)17-14(19)12-4-3-10(15)8-13(12)16/h3-4,8-9,11H,5-7,16H2,1-2H3,(H,17,19). The van der Waals surface area contributed by atoms with Crippen molar-refractivity contribution in [3.63, 3.8) is 0 Å². The predicted octanol–water partition coefficient (Wildman–Crippen LogP) is 2.13. The molecule has 0 aromatic heterocycles. The van der Waals surface area contributed by atoms with Gasteiger partial charge in [0.2, 0.25) is 0 Å². The van der Waals surface area contributed by atoms with Gasteiger partial charge in [-0.2, -0.15) is 0 Å². The molecule has 1 saturated heterocycles. The number of nitrogen functional groups attached to an aromatic ring is 1. The first-order valence-electron chi connectivity index (χ1n) is 6.53. The molecule has 2 unspecified atom stereocenters. The first-order chi connectivity index (χ1) is 8.97. The Morgan fingerprint density at radius 3 is 2.89 bits per heavy atom. The number of hydrogen-bond acceptors (Lipinski definition) is 3. The first kappa shape index (κ1) is 14.2. The van der Waals surface area contributed by atoms with Gasteiger partial charge in [-0.05, 0) is 45.0 Å². The maximum Gasteiger partial charge on any atom is 0.253 e. The average molecular weight is 282 g/mol. The molecule has 3 N–H and O–H groups in total. The average Bonchev–Trinajstić information content (AvgIpc) is 2.33. The Balaban J connectivity index is 2.01. The van der Waals surface area contributed by atoms with E-state index in [0.717, 1.165) is 19.4 Å². The van der Waals surface area contributed by atoms with Gasteiger partial charge in [0, 0.05) is 29.3 Å². The number of halogens is 1. The van der Waals surface area contributed by atoms with Crippen molar-refractivity contribution < 1.29 is 4.79 Å². The van der Waals surface area contributed by atoms with Gasteiger partial charge in [0.05, 0.1) is 5.56 Å². The quantitative estimate of drug-likeness (QED) is 0.817. The second kappa shape index (κ2) is 5.80. The highest BCUT2D eigenvalue weighted by atomic mass is 35.5. The molecule has 2 rings (SSSR count). The minimum atomic E-state index is -0.115. The molecule has 1 aliphatic heterocycles. The van der Waals surface area contributed by atoms with Gasteiger partial charge in [-0.3, -0.25) is 4.79 Å². The van der Waals surface area contributed by atoms with Crippen LogP contribution in [0.25, 0.3) is 0 Å². The molecule has 1 aromatic rings. The third-order valence-corrected chi connectivity index (χ3v) is 4.04. The van der Waals surface area contributed by atoms with Crippen molar-refractivity contribution in [2.75, 3.05) is 19.3 Å². The van der Waals surface area contributed by atoms with Gasteiger partial charge in [0.25, 0.3) is 5.91 Å². The van der Waals surface area contributed by atoms with Gasteiger partial charge in [-0.15, -0.1) is 0 Å². The SMILES string of the molecule is CC1CC(NC(=O)c2ccc(Cl)cc2N)CCN1C. The number of carbonyl (C=O) groups is 1. The lowest BCUT2D eigenvalue weighted by molar-refractivity contribution is 0.0897. The fourth-order valence-electron chi connectivity index (χ4n) is 2.42. The molecule has 5 heteroatoms. The molecule has 0 aliphatic carbocycles. The summed E-state index contributed by atoms with van der Waals surface area (Å²) in [5.41, 5.74) is 6.74. The van der Waals surface area contributed by atoms with E-state index < -0.39 is 0 Å². The number of rotatable bonds is 2. The zero-order valence-electron chi connectivity index (χ0n) is 11.3. The maximum atomic E-state index is 12.2. The number of amides is 1. The third kappa shape index (κ3) is 3.39. The molecular formula is C14H20ClN3O. The Bertz CT molecular complexity index is 478. The van der Waals surface area contributed by atoms with Crippen molar-refractivity contribution >= 4 is 23.2 Å². The Hall–Kier alpha value is -1.26. The van der Waals surface area contributed by atoms with Crippen molar-refractivity contribution in [2.45, 2.75) is 31.8 Å². The number of carbonyl (C=O) groups excluding carboxylic acids is 1. The monoisotopic (exact) mass is 281 g/mol. The number of nitrogens with one attached hydrogen (secondary N) is 1. The number of piperidine rings is 1. The summed E-state index contributed by atoms with van der Waals surface area (Å²) < 4.78 is 0. The minimum Gasteiger partial charge on any atom is -0.398 e. The molecule has 4 nitrogen and oxygen atoms in total. The first-order valence-corrected chi connectivity index (χ1v) is 6.91. The minimum absolute atomic E-state index is 0.115. The number of benzene rings is 1. The summed E-state index contributed by atoms with van der Waals surface area (Å²) in [7, 11) is 2.11. The van der Waals surface area contributed by atoms with Crippen molar-refractivity contribution in [3.05, 3.63) is 28.8 Å². The number of nitrogens with zero attached hydrogens (tertiary/aromatic N) is 1. The highest BCUT2D eigenvalue weighted by molar-refractivity contribution is 6.31. The van der Waals surface area contributed by atoms with Crippen LogP contribution in [0.4, 0.5) is 5.69 Å². The van der Waals surface area contributed by atoms with E-state index in [1.807, 2.05) is 0 Å². The number of anilines is 1. The Labute approximate surface area is 118 Å². The largest absolute Gasteiger partial charge is 0.398 e. The summed E-state index contributed by atoms with van der Waals surface area (Å²) in [6, 6.07) is 5.67. The number of likely N-dealkylation sites (tertiary alicyclic amines) is 1. The number of nitrogens with two attached hydrogens (primary N) is 1. The molecule has 19 heavy (non-hydrogen) atoms. The third-order valence-electron chi connectivity index (χ3n) is 3.80. The molecule has 1 fully saturated rings. The second-order valence-electron chi connectivity index (χ2n) is 5.26. The molecular weight excluding hydrogens is 262 g/mol. The van der Waals surface area contributed by atoms with Crippen LogP contribution in [0, 0.1) is 0 Å². The van der Waals surface area contributed by atoms with Gasteiger partial charge in [-0.1, -0.05) is 11.6 Å². The molecule has 0 radical (unpaired) electrons. The van der Waals surface area contributed by atoms with Crippen LogP contribution >= 0.6 is 11.6 Å². The van der Waals surface area contributed by atoms with Gasteiger partial charge in [0.1, 0.15) is 0 Å². The molecule has 0 bridgehead atoms. The zero-order valence-corrected chi connectivity index (χ0v) is 12.1.